The third kappa shape index (κ3) is 3.14. The van der Waals surface area contributed by atoms with Crippen LogP contribution in [0.1, 0.15) is 5.56 Å². The van der Waals surface area contributed by atoms with E-state index in [1.807, 2.05) is 10.4 Å². The minimum Gasteiger partial charge on any atom is -0.296 e. The van der Waals surface area contributed by atoms with Crippen LogP contribution in [0.2, 0.25) is 0 Å². The zero-order chi connectivity index (χ0) is 11.4. The van der Waals surface area contributed by atoms with Crippen molar-refractivity contribution in [2.75, 3.05) is 32.4 Å². The fourth-order valence-corrected chi connectivity index (χ4v) is 2.66. The summed E-state index contributed by atoms with van der Waals surface area (Å²) in [5.41, 5.74) is 1.36. The van der Waals surface area contributed by atoms with Crippen molar-refractivity contribution < 1.29 is 4.21 Å². The van der Waals surface area contributed by atoms with Crippen molar-refractivity contribution in [3.8, 4) is 0 Å². The summed E-state index contributed by atoms with van der Waals surface area (Å²) in [6.07, 6.45) is 1.76. The first-order valence-electron chi connectivity index (χ1n) is 5.60. The Morgan fingerprint density at radius 1 is 1.12 bits per heavy atom. The molecule has 1 atom stereocenters. The largest absolute Gasteiger partial charge is 0.296 e. The van der Waals surface area contributed by atoms with Crippen LogP contribution in [0.3, 0.4) is 0 Å². The van der Waals surface area contributed by atoms with Crippen molar-refractivity contribution >= 4 is 11.0 Å². The van der Waals surface area contributed by atoms with E-state index in [4.69, 9.17) is 0 Å². The van der Waals surface area contributed by atoms with Gasteiger partial charge in [-0.05, 0) is 5.56 Å². The molecule has 1 aromatic carbocycles. The summed E-state index contributed by atoms with van der Waals surface area (Å²) >= 11 is 0. The Hall–Kier alpha value is -0.710. The van der Waals surface area contributed by atoms with E-state index in [1.54, 1.807) is 6.26 Å². The molecule has 1 fully saturated rings. The van der Waals surface area contributed by atoms with Crippen LogP contribution in [0.25, 0.3) is 0 Å². The fourth-order valence-electron chi connectivity index (χ4n) is 1.99. The van der Waals surface area contributed by atoms with Crippen molar-refractivity contribution in [3.05, 3.63) is 35.9 Å². The molecule has 1 aliphatic rings. The van der Waals surface area contributed by atoms with Crippen LogP contribution >= 0.6 is 0 Å². The molecule has 1 heterocycles. The average molecular weight is 238 g/mol. The van der Waals surface area contributed by atoms with Gasteiger partial charge in [-0.25, -0.2) is 8.51 Å². The lowest BCUT2D eigenvalue weighted by Crippen LogP contribution is -2.46. The van der Waals surface area contributed by atoms with Crippen LogP contribution in [-0.4, -0.2) is 45.8 Å². The molecule has 0 N–H and O–H groups in total. The van der Waals surface area contributed by atoms with E-state index < -0.39 is 11.0 Å². The van der Waals surface area contributed by atoms with E-state index in [1.165, 1.54) is 5.56 Å². The average Bonchev–Trinajstić information content (AvgIpc) is 2.31. The molecule has 0 saturated carbocycles. The number of hydrogen-bond acceptors (Lipinski definition) is 2. The number of nitrogens with zero attached hydrogens (tertiary/aromatic N) is 2. The van der Waals surface area contributed by atoms with Gasteiger partial charge in [-0.3, -0.25) is 4.90 Å². The molecule has 0 spiro atoms. The zero-order valence-corrected chi connectivity index (χ0v) is 10.4. The van der Waals surface area contributed by atoms with Gasteiger partial charge in [0.2, 0.25) is 0 Å². The Labute approximate surface area is 99.6 Å². The maximum Gasteiger partial charge on any atom is 0.0911 e. The molecule has 16 heavy (non-hydrogen) atoms. The summed E-state index contributed by atoms with van der Waals surface area (Å²) < 4.78 is 13.3. The highest BCUT2D eigenvalue weighted by Crippen LogP contribution is 2.08. The van der Waals surface area contributed by atoms with E-state index in [2.05, 4.69) is 29.2 Å². The van der Waals surface area contributed by atoms with E-state index >= 15 is 0 Å². The van der Waals surface area contributed by atoms with Gasteiger partial charge in [0, 0.05) is 39.0 Å². The lowest BCUT2D eigenvalue weighted by molar-refractivity contribution is 0.186. The summed E-state index contributed by atoms with van der Waals surface area (Å²) in [6.45, 7) is 4.85. The smallest absolute Gasteiger partial charge is 0.0911 e. The molecular formula is C12H18N2OS. The molecule has 1 aromatic rings. The van der Waals surface area contributed by atoms with Crippen LogP contribution in [0.5, 0.6) is 0 Å². The van der Waals surface area contributed by atoms with Crippen molar-refractivity contribution in [2.45, 2.75) is 6.54 Å². The highest BCUT2D eigenvalue weighted by molar-refractivity contribution is 7.81. The SMILES string of the molecule is CS(=O)N1CCN(Cc2ccccc2)CC1. The molecular weight excluding hydrogens is 220 g/mol. The summed E-state index contributed by atoms with van der Waals surface area (Å²) in [7, 11) is -0.807. The van der Waals surface area contributed by atoms with Gasteiger partial charge < -0.3 is 0 Å². The number of hydrogen-bond donors (Lipinski definition) is 0. The third-order valence-electron chi connectivity index (χ3n) is 2.94. The third-order valence-corrected chi connectivity index (χ3v) is 4.04. The predicted octanol–water partition coefficient (Wildman–Crippen LogP) is 1.10. The van der Waals surface area contributed by atoms with Gasteiger partial charge in [0.1, 0.15) is 0 Å². The number of piperazine rings is 1. The topological polar surface area (TPSA) is 23.6 Å². The Balaban J connectivity index is 1.84. The van der Waals surface area contributed by atoms with E-state index in [-0.39, 0.29) is 0 Å². The predicted molar refractivity (Wildman–Crippen MR) is 67.4 cm³/mol. The van der Waals surface area contributed by atoms with E-state index in [9.17, 15) is 4.21 Å². The molecule has 0 bridgehead atoms. The maximum atomic E-state index is 11.3. The standard InChI is InChI=1S/C12H18N2OS/c1-16(15)14-9-7-13(8-10-14)11-12-5-3-2-4-6-12/h2-6H,7-11H2,1H3. The molecule has 0 aliphatic carbocycles. The minimum absolute atomic E-state index is 0.807. The Bertz CT molecular complexity index is 347. The van der Waals surface area contributed by atoms with Gasteiger partial charge in [0.05, 0.1) is 11.0 Å². The van der Waals surface area contributed by atoms with Crippen molar-refractivity contribution in [1.82, 2.24) is 9.21 Å². The quantitative estimate of drug-likeness (QED) is 0.787. The minimum atomic E-state index is -0.807. The molecule has 1 saturated heterocycles. The van der Waals surface area contributed by atoms with Gasteiger partial charge in [0.25, 0.3) is 0 Å². The Morgan fingerprint density at radius 2 is 1.75 bits per heavy atom. The zero-order valence-electron chi connectivity index (χ0n) is 9.63. The van der Waals surface area contributed by atoms with Crippen LogP contribution in [0.15, 0.2) is 30.3 Å². The molecule has 3 nitrogen and oxygen atoms in total. The number of rotatable bonds is 3. The molecule has 0 aromatic heterocycles. The summed E-state index contributed by atoms with van der Waals surface area (Å²) in [4.78, 5) is 2.42. The van der Waals surface area contributed by atoms with E-state index in [0.29, 0.717) is 0 Å². The van der Waals surface area contributed by atoms with Crippen LogP contribution in [-0.2, 0) is 17.5 Å². The van der Waals surface area contributed by atoms with Crippen LogP contribution in [0, 0.1) is 0 Å². The molecule has 88 valence electrons. The van der Waals surface area contributed by atoms with E-state index in [0.717, 1.165) is 32.7 Å². The van der Waals surface area contributed by atoms with Crippen molar-refractivity contribution in [1.29, 1.82) is 0 Å². The Kier molecular flexibility index (Phi) is 4.09. The van der Waals surface area contributed by atoms with Crippen LogP contribution in [0.4, 0.5) is 0 Å². The first-order valence-corrected chi connectivity index (χ1v) is 7.12. The van der Waals surface area contributed by atoms with Gasteiger partial charge in [-0.15, -0.1) is 0 Å². The molecule has 1 aliphatic heterocycles. The molecule has 0 radical (unpaired) electrons. The first kappa shape index (κ1) is 11.8. The molecule has 0 amide bonds. The maximum absolute atomic E-state index is 11.3. The van der Waals surface area contributed by atoms with Gasteiger partial charge in [-0.1, -0.05) is 30.3 Å². The normalized spacial score (nSPS) is 20.8. The highest BCUT2D eigenvalue weighted by atomic mass is 32.2. The van der Waals surface area contributed by atoms with Crippen molar-refractivity contribution in [2.24, 2.45) is 0 Å². The lowest BCUT2D eigenvalue weighted by Gasteiger charge is -2.32. The van der Waals surface area contributed by atoms with Gasteiger partial charge >= 0.3 is 0 Å². The molecule has 1 unspecified atom stereocenters. The second kappa shape index (κ2) is 5.57. The van der Waals surface area contributed by atoms with Crippen LogP contribution < -0.4 is 0 Å². The van der Waals surface area contributed by atoms with Crippen molar-refractivity contribution in [3.63, 3.8) is 0 Å². The summed E-state index contributed by atoms with van der Waals surface area (Å²) in [5, 5.41) is 0. The molecule has 4 heteroatoms. The second-order valence-electron chi connectivity index (χ2n) is 4.11. The first-order chi connectivity index (χ1) is 7.75. The number of benzene rings is 1. The van der Waals surface area contributed by atoms with Gasteiger partial charge in [0.15, 0.2) is 0 Å². The summed E-state index contributed by atoms with van der Waals surface area (Å²) in [5.74, 6) is 0. The fraction of sp³-hybridized carbons (Fsp3) is 0.500. The highest BCUT2D eigenvalue weighted by Gasteiger charge is 2.18. The lowest BCUT2D eigenvalue weighted by atomic mass is 10.2. The summed E-state index contributed by atoms with van der Waals surface area (Å²) in [6, 6.07) is 10.5. The monoisotopic (exact) mass is 238 g/mol. The molecule has 2 rings (SSSR count). The second-order valence-corrected chi connectivity index (χ2v) is 5.48. The Morgan fingerprint density at radius 3 is 2.31 bits per heavy atom. The van der Waals surface area contributed by atoms with Gasteiger partial charge in [-0.2, -0.15) is 0 Å².